The smallest absolute Gasteiger partial charge is 0.00188 e. The van der Waals surface area contributed by atoms with Crippen molar-refractivity contribution in [3.8, 4) is 0 Å². The van der Waals surface area contributed by atoms with E-state index < -0.39 is 0 Å². The normalized spacial score (nSPS) is 19.5. The molecule has 0 spiro atoms. The fraction of sp³-hybridized carbons (Fsp3) is 0.833. The van der Waals surface area contributed by atoms with Crippen LogP contribution in [0.25, 0.3) is 0 Å². The zero-order valence-electron chi connectivity index (χ0n) is 9.34. The fourth-order valence-electron chi connectivity index (χ4n) is 2.03. The Morgan fingerprint density at radius 2 is 1.92 bits per heavy atom. The van der Waals surface area contributed by atoms with Crippen LogP contribution in [0.15, 0.2) is 11.6 Å². The SMILES string of the molecule is CCC=C1CCN(CC(C)C)CC1. The summed E-state index contributed by atoms with van der Waals surface area (Å²) >= 11 is 0. The van der Waals surface area contributed by atoms with E-state index in [2.05, 4.69) is 31.7 Å². The van der Waals surface area contributed by atoms with E-state index in [0.29, 0.717) is 0 Å². The van der Waals surface area contributed by atoms with Gasteiger partial charge in [0.2, 0.25) is 0 Å². The summed E-state index contributed by atoms with van der Waals surface area (Å²) in [5.41, 5.74) is 1.68. The Morgan fingerprint density at radius 1 is 1.31 bits per heavy atom. The van der Waals surface area contributed by atoms with Gasteiger partial charge >= 0.3 is 0 Å². The van der Waals surface area contributed by atoms with Gasteiger partial charge in [0.1, 0.15) is 0 Å². The zero-order chi connectivity index (χ0) is 9.68. The van der Waals surface area contributed by atoms with Crippen LogP contribution in [-0.2, 0) is 0 Å². The van der Waals surface area contributed by atoms with E-state index >= 15 is 0 Å². The number of piperidine rings is 1. The van der Waals surface area contributed by atoms with E-state index in [4.69, 9.17) is 0 Å². The molecular weight excluding hydrogens is 158 g/mol. The summed E-state index contributed by atoms with van der Waals surface area (Å²) in [4.78, 5) is 2.59. The van der Waals surface area contributed by atoms with Gasteiger partial charge in [-0.05, 0) is 25.2 Å². The molecular formula is C12H23N. The van der Waals surface area contributed by atoms with E-state index in [1.807, 2.05) is 0 Å². The van der Waals surface area contributed by atoms with Crippen molar-refractivity contribution in [3.05, 3.63) is 11.6 Å². The summed E-state index contributed by atoms with van der Waals surface area (Å²) in [5.74, 6) is 0.816. The van der Waals surface area contributed by atoms with Crippen molar-refractivity contribution in [2.45, 2.75) is 40.0 Å². The minimum atomic E-state index is 0.816. The number of rotatable bonds is 3. The average Bonchev–Trinajstić information content (AvgIpc) is 2.08. The lowest BCUT2D eigenvalue weighted by Gasteiger charge is -2.29. The molecule has 1 aliphatic heterocycles. The molecule has 0 atom stereocenters. The lowest BCUT2D eigenvalue weighted by molar-refractivity contribution is 0.229. The highest BCUT2D eigenvalue weighted by Gasteiger charge is 2.13. The summed E-state index contributed by atoms with van der Waals surface area (Å²) in [6, 6.07) is 0. The second-order valence-electron chi connectivity index (χ2n) is 4.47. The molecule has 0 amide bonds. The lowest BCUT2D eigenvalue weighted by atomic mass is 10.0. The Hall–Kier alpha value is -0.300. The van der Waals surface area contributed by atoms with Gasteiger partial charge in [0.05, 0.1) is 0 Å². The Balaban J connectivity index is 2.26. The van der Waals surface area contributed by atoms with Crippen LogP contribution in [0.2, 0.25) is 0 Å². The standard InChI is InChI=1S/C12H23N/c1-4-5-12-6-8-13(9-7-12)10-11(2)3/h5,11H,4,6-10H2,1-3H3. The van der Waals surface area contributed by atoms with Gasteiger partial charge in [0.15, 0.2) is 0 Å². The Labute approximate surface area is 82.8 Å². The van der Waals surface area contributed by atoms with Crippen LogP contribution in [0.1, 0.15) is 40.0 Å². The topological polar surface area (TPSA) is 3.24 Å². The lowest BCUT2D eigenvalue weighted by Crippen LogP contribution is -2.33. The summed E-state index contributed by atoms with van der Waals surface area (Å²) < 4.78 is 0. The van der Waals surface area contributed by atoms with Crippen molar-refractivity contribution < 1.29 is 0 Å². The zero-order valence-corrected chi connectivity index (χ0v) is 9.34. The van der Waals surface area contributed by atoms with Gasteiger partial charge in [-0.2, -0.15) is 0 Å². The Bertz CT molecular complexity index is 160. The first-order chi connectivity index (χ1) is 6.22. The molecule has 0 unspecified atom stereocenters. The fourth-order valence-corrected chi connectivity index (χ4v) is 2.03. The van der Waals surface area contributed by atoms with Crippen LogP contribution in [0.5, 0.6) is 0 Å². The predicted octanol–water partition coefficient (Wildman–Crippen LogP) is 3.07. The highest BCUT2D eigenvalue weighted by Crippen LogP contribution is 2.17. The molecule has 0 N–H and O–H groups in total. The van der Waals surface area contributed by atoms with Crippen molar-refractivity contribution in [3.63, 3.8) is 0 Å². The first kappa shape index (κ1) is 10.8. The molecule has 13 heavy (non-hydrogen) atoms. The molecule has 76 valence electrons. The largest absolute Gasteiger partial charge is 0.302 e. The second kappa shape index (κ2) is 5.43. The summed E-state index contributed by atoms with van der Waals surface area (Å²) in [6.07, 6.45) is 6.23. The minimum absolute atomic E-state index is 0.816. The van der Waals surface area contributed by atoms with Gasteiger partial charge in [0.25, 0.3) is 0 Å². The molecule has 0 aromatic carbocycles. The average molecular weight is 181 g/mol. The highest BCUT2D eigenvalue weighted by atomic mass is 15.1. The molecule has 1 nitrogen and oxygen atoms in total. The molecule has 1 saturated heterocycles. The third kappa shape index (κ3) is 3.95. The molecule has 1 aliphatic rings. The second-order valence-corrected chi connectivity index (χ2v) is 4.47. The first-order valence-electron chi connectivity index (χ1n) is 5.62. The Morgan fingerprint density at radius 3 is 2.38 bits per heavy atom. The molecule has 0 aromatic rings. The highest BCUT2D eigenvalue weighted by molar-refractivity contribution is 5.05. The monoisotopic (exact) mass is 181 g/mol. The maximum Gasteiger partial charge on any atom is 0.00188 e. The van der Waals surface area contributed by atoms with Crippen LogP contribution in [0, 0.1) is 5.92 Å². The van der Waals surface area contributed by atoms with E-state index in [0.717, 1.165) is 5.92 Å². The van der Waals surface area contributed by atoms with Crippen molar-refractivity contribution in [1.82, 2.24) is 4.90 Å². The number of likely N-dealkylation sites (tertiary alicyclic amines) is 1. The maximum absolute atomic E-state index is 2.59. The van der Waals surface area contributed by atoms with Crippen LogP contribution in [-0.4, -0.2) is 24.5 Å². The van der Waals surface area contributed by atoms with Crippen LogP contribution < -0.4 is 0 Å². The van der Waals surface area contributed by atoms with Crippen molar-refractivity contribution in [2.75, 3.05) is 19.6 Å². The van der Waals surface area contributed by atoms with Crippen molar-refractivity contribution >= 4 is 0 Å². The van der Waals surface area contributed by atoms with Gasteiger partial charge < -0.3 is 4.90 Å². The Kier molecular flexibility index (Phi) is 4.51. The van der Waals surface area contributed by atoms with Crippen LogP contribution in [0.3, 0.4) is 0 Å². The summed E-state index contributed by atoms with van der Waals surface area (Å²) in [6.45, 7) is 10.7. The third-order valence-electron chi connectivity index (χ3n) is 2.61. The number of allylic oxidation sites excluding steroid dienone is 1. The molecule has 1 rings (SSSR count). The van der Waals surface area contributed by atoms with E-state index in [1.54, 1.807) is 5.57 Å². The summed E-state index contributed by atoms with van der Waals surface area (Å²) in [7, 11) is 0. The van der Waals surface area contributed by atoms with E-state index in [-0.39, 0.29) is 0 Å². The number of hydrogen-bond acceptors (Lipinski definition) is 1. The van der Waals surface area contributed by atoms with E-state index in [1.165, 1.54) is 38.9 Å². The van der Waals surface area contributed by atoms with Gasteiger partial charge in [-0.1, -0.05) is 32.4 Å². The van der Waals surface area contributed by atoms with Gasteiger partial charge in [0, 0.05) is 19.6 Å². The minimum Gasteiger partial charge on any atom is -0.302 e. The molecule has 0 radical (unpaired) electrons. The van der Waals surface area contributed by atoms with Crippen LogP contribution in [0.4, 0.5) is 0 Å². The molecule has 0 saturated carbocycles. The number of hydrogen-bond donors (Lipinski definition) is 0. The molecule has 0 aromatic heterocycles. The maximum atomic E-state index is 2.59. The number of nitrogens with zero attached hydrogens (tertiary/aromatic N) is 1. The van der Waals surface area contributed by atoms with E-state index in [9.17, 15) is 0 Å². The van der Waals surface area contributed by atoms with Crippen molar-refractivity contribution in [1.29, 1.82) is 0 Å². The van der Waals surface area contributed by atoms with Crippen LogP contribution >= 0.6 is 0 Å². The quantitative estimate of drug-likeness (QED) is 0.605. The summed E-state index contributed by atoms with van der Waals surface area (Å²) in [5, 5.41) is 0. The predicted molar refractivity (Wildman–Crippen MR) is 58.9 cm³/mol. The van der Waals surface area contributed by atoms with Gasteiger partial charge in [-0.25, -0.2) is 0 Å². The molecule has 0 aliphatic carbocycles. The first-order valence-corrected chi connectivity index (χ1v) is 5.62. The third-order valence-corrected chi connectivity index (χ3v) is 2.61. The molecule has 1 fully saturated rings. The molecule has 1 heterocycles. The molecule has 1 heteroatoms. The van der Waals surface area contributed by atoms with Gasteiger partial charge in [-0.15, -0.1) is 0 Å². The molecule has 0 bridgehead atoms. The van der Waals surface area contributed by atoms with Crippen molar-refractivity contribution in [2.24, 2.45) is 5.92 Å². The van der Waals surface area contributed by atoms with Gasteiger partial charge in [-0.3, -0.25) is 0 Å².